The molecule has 8 nitrogen and oxygen atoms in total. The van der Waals surface area contributed by atoms with Gasteiger partial charge in [-0.05, 0) is 19.4 Å². The number of morpholine rings is 1. The smallest absolute Gasteiger partial charge is 0.282 e. The molecule has 0 bridgehead atoms. The Balaban J connectivity index is 2.06. The molecule has 0 aromatic carbocycles. The highest BCUT2D eigenvalue weighted by Gasteiger charge is 2.39. The van der Waals surface area contributed by atoms with E-state index in [0.717, 1.165) is 19.6 Å². The number of sulfone groups is 1. The van der Waals surface area contributed by atoms with Crippen molar-refractivity contribution in [2.45, 2.75) is 32.7 Å². The average Bonchev–Trinajstić information content (AvgIpc) is 2.92. The van der Waals surface area contributed by atoms with Gasteiger partial charge in [-0.2, -0.15) is 17.0 Å². The standard InChI is InChI=1S/C15H31N3O5S2/c1-3-17(4-2)25(21,22)18(15-6-13-24(19,20)14-15)8-5-7-16-9-11-23-12-10-16/h15H,3-14H2,1-2H3. The van der Waals surface area contributed by atoms with E-state index in [1.54, 1.807) is 13.8 Å². The van der Waals surface area contributed by atoms with Gasteiger partial charge in [0.25, 0.3) is 10.2 Å². The summed E-state index contributed by atoms with van der Waals surface area (Å²) in [5, 5.41) is 0. The topological polar surface area (TPSA) is 87.2 Å². The van der Waals surface area contributed by atoms with Crippen molar-refractivity contribution in [3.63, 3.8) is 0 Å². The minimum absolute atomic E-state index is 0.0644. The van der Waals surface area contributed by atoms with Gasteiger partial charge in [0, 0.05) is 38.8 Å². The zero-order valence-corrected chi connectivity index (χ0v) is 16.9. The van der Waals surface area contributed by atoms with E-state index in [4.69, 9.17) is 4.74 Å². The summed E-state index contributed by atoms with van der Waals surface area (Å²) in [5.74, 6) is 0.0104. The van der Waals surface area contributed by atoms with Crippen LogP contribution in [0.25, 0.3) is 0 Å². The molecule has 0 N–H and O–H groups in total. The Morgan fingerprint density at radius 3 is 2.32 bits per heavy atom. The van der Waals surface area contributed by atoms with Crippen molar-refractivity contribution in [1.29, 1.82) is 0 Å². The highest BCUT2D eigenvalue weighted by Crippen LogP contribution is 2.23. The molecule has 0 radical (unpaired) electrons. The Kier molecular flexibility index (Phi) is 7.66. The molecule has 1 atom stereocenters. The van der Waals surface area contributed by atoms with Gasteiger partial charge < -0.3 is 4.74 Å². The third-order valence-electron chi connectivity index (χ3n) is 4.90. The van der Waals surface area contributed by atoms with Gasteiger partial charge in [-0.25, -0.2) is 8.42 Å². The van der Waals surface area contributed by atoms with E-state index >= 15 is 0 Å². The monoisotopic (exact) mass is 397 g/mol. The lowest BCUT2D eigenvalue weighted by Gasteiger charge is -2.33. The van der Waals surface area contributed by atoms with Crippen LogP contribution in [0.1, 0.15) is 26.7 Å². The van der Waals surface area contributed by atoms with Crippen molar-refractivity contribution in [3.8, 4) is 0 Å². The number of hydrogen-bond acceptors (Lipinski definition) is 6. The Morgan fingerprint density at radius 1 is 1.16 bits per heavy atom. The summed E-state index contributed by atoms with van der Waals surface area (Å²) >= 11 is 0. The average molecular weight is 398 g/mol. The van der Waals surface area contributed by atoms with E-state index in [0.29, 0.717) is 45.7 Å². The van der Waals surface area contributed by atoms with E-state index in [1.165, 1.54) is 8.61 Å². The second kappa shape index (κ2) is 9.09. The van der Waals surface area contributed by atoms with Crippen LogP contribution in [0.2, 0.25) is 0 Å². The fourth-order valence-corrected chi connectivity index (χ4v) is 7.15. The SMILES string of the molecule is CCN(CC)S(=O)(=O)N(CCCN1CCOCC1)C1CCS(=O)(=O)C1. The first-order valence-electron chi connectivity index (χ1n) is 9.07. The van der Waals surface area contributed by atoms with Gasteiger partial charge in [-0.3, -0.25) is 4.90 Å². The van der Waals surface area contributed by atoms with E-state index in [1.807, 2.05) is 0 Å². The van der Waals surface area contributed by atoms with E-state index in [9.17, 15) is 16.8 Å². The molecular formula is C15H31N3O5S2. The first-order chi connectivity index (χ1) is 11.8. The maximum absolute atomic E-state index is 13.0. The van der Waals surface area contributed by atoms with Crippen molar-refractivity contribution in [1.82, 2.24) is 13.5 Å². The van der Waals surface area contributed by atoms with Gasteiger partial charge in [-0.15, -0.1) is 0 Å². The Morgan fingerprint density at radius 2 is 1.80 bits per heavy atom. The van der Waals surface area contributed by atoms with Gasteiger partial charge >= 0.3 is 0 Å². The molecule has 0 aliphatic carbocycles. The predicted octanol–water partition coefficient (Wildman–Crippen LogP) is -0.216. The third-order valence-corrected chi connectivity index (χ3v) is 8.89. The molecule has 0 saturated carbocycles. The van der Waals surface area contributed by atoms with Crippen molar-refractivity contribution in [3.05, 3.63) is 0 Å². The van der Waals surface area contributed by atoms with Crippen LogP contribution >= 0.6 is 0 Å². The van der Waals surface area contributed by atoms with Crippen molar-refractivity contribution in [2.24, 2.45) is 0 Å². The molecule has 0 aromatic heterocycles. The van der Waals surface area contributed by atoms with Crippen molar-refractivity contribution < 1.29 is 21.6 Å². The fourth-order valence-electron chi connectivity index (χ4n) is 3.46. The lowest BCUT2D eigenvalue weighted by Crippen LogP contribution is -2.50. The van der Waals surface area contributed by atoms with Crippen LogP contribution in [0.5, 0.6) is 0 Å². The molecule has 0 amide bonds. The van der Waals surface area contributed by atoms with Crippen LogP contribution in [0.15, 0.2) is 0 Å². The van der Waals surface area contributed by atoms with E-state index in [2.05, 4.69) is 4.90 Å². The quantitative estimate of drug-likeness (QED) is 0.535. The normalized spacial score (nSPS) is 25.0. The molecule has 2 rings (SSSR count). The van der Waals surface area contributed by atoms with E-state index in [-0.39, 0.29) is 11.5 Å². The molecule has 2 saturated heterocycles. The summed E-state index contributed by atoms with van der Waals surface area (Å²) in [7, 11) is -6.78. The molecule has 0 aromatic rings. The van der Waals surface area contributed by atoms with E-state index < -0.39 is 26.1 Å². The second-order valence-corrected chi connectivity index (χ2v) is 10.7. The summed E-state index contributed by atoms with van der Waals surface area (Å²) in [6, 6.07) is -0.444. The van der Waals surface area contributed by atoms with Crippen LogP contribution in [0, 0.1) is 0 Å². The molecule has 25 heavy (non-hydrogen) atoms. The first kappa shape index (κ1) is 21.0. The van der Waals surface area contributed by atoms with Crippen LogP contribution in [-0.4, -0.2) is 100 Å². The first-order valence-corrected chi connectivity index (χ1v) is 12.3. The zero-order valence-electron chi connectivity index (χ0n) is 15.3. The lowest BCUT2D eigenvalue weighted by molar-refractivity contribution is 0.0366. The summed E-state index contributed by atoms with van der Waals surface area (Å²) in [4.78, 5) is 2.26. The maximum atomic E-state index is 13.0. The number of ether oxygens (including phenoxy) is 1. The summed E-state index contributed by atoms with van der Waals surface area (Å²) in [6.45, 7) is 8.68. The molecule has 148 valence electrons. The highest BCUT2D eigenvalue weighted by atomic mass is 32.2. The Bertz CT molecular complexity index is 613. The molecule has 2 fully saturated rings. The molecule has 2 aliphatic rings. The molecule has 10 heteroatoms. The highest BCUT2D eigenvalue weighted by molar-refractivity contribution is 7.91. The van der Waals surface area contributed by atoms with Crippen LogP contribution < -0.4 is 0 Å². The Labute approximate surface area is 152 Å². The van der Waals surface area contributed by atoms with Crippen molar-refractivity contribution >= 4 is 20.0 Å². The largest absolute Gasteiger partial charge is 0.379 e. The number of nitrogens with zero attached hydrogens (tertiary/aromatic N) is 3. The molecule has 2 aliphatic heterocycles. The lowest BCUT2D eigenvalue weighted by atomic mass is 10.2. The van der Waals surface area contributed by atoms with Crippen LogP contribution in [0.3, 0.4) is 0 Å². The van der Waals surface area contributed by atoms with Gasteiger partial charge in [0.15, 0.2) is 9.84 Å². The summed E-state index contributed by atoms with van der Waals surface area (Å²) in [5.41, 5.74) is 0. The maximum Gasteiger partial charge on any atom is 0.282 e. The molecule has 2 heterocycles. The van der Waals surface area contributed by atoms with Gasteiger partial charge in [0.1, 0.15) is 0 Å². The minimum atomic E-state index is -3.64. The molecule has 1 unspecified atom stereocenters. The predicted molar refractivity (Wildman–Crippen MR) is 97.5 cm³/mol. The van der Waals surface area contributed by atoms with Crippen LogP contribution in [-0.2, 0) is 24.8 Å². The zero-order chi connectivity index (χ0) is 18.5. The molecular weight excluding hydrogens is 366 g/mol. The van der Waals surface area contributed by atoms with Crippen molar-refractivity contribution in [2.75, 3.05) is 64.0 Å². The number of rotatable bonds is 9. The van der Waals surface area contributed by atoms with Gasteiger partial charge in [0.05, 0.1) is 24.7 Å². The van der Waals surface area contributed by atoms with Gasteiger partial charge in [-0.1, -0.05) is 13.8 Å². The van der Waals surface area contributed by atoms with Gasteiger partial charge in [0.2, 0.25) is 0 Å². The summed E-state index contributed by atoms with van der Waals surface area (Å²) < 4.78 is 57.9. The summed E-state index contributed by atoms with van der Waals surface area (Å²) in [6.07, 6.45) is 1.08. The number of hydrogen-bond donors (Lipinski definition) is 0. The minimum Gasteiger partial charge on any atom is -0.379 e. The third kappa shape index (κ3) is 5.61. The van der Waals surface area contributed by atoms with Crippen LogP contribution in [0.4, 0.5) is 0 Å². The molecule has 0 spiro atoms. The fraction of sp³-hybridized carbons (Fsp3) is 1.00. The Hall–Kier alpha value is -0.260. The second-order valence-electron chi connectivity index (χ2n) is 6.57.